The molecule has 0 radical (unpaired) electrons. The van der Waals surface area contributed by atoms with Crippen LogP contribution < -0.4 is 9.47 Å². The van der Waals surface area contributed by atoms with E-state index in [2.05, 4.69) is 11.1 Å². The molecule has 23 heavy (non-hydrogen) atoms. The number of para-hydroxylation sites is 1. The van der Waals surface area contributed by atoms with Crippen molar-refractivity contribution < 1.29 is 9.47 Å². The second-order valence-electron chi connectivity index (χ2n) is 5.35. The average molecular weight is 326 g/mol. The second-order valence-corrected chi connectivity index (χ2v) is 6.43. The summed E-state index contributed by atoms with van der Waals surface area (Å²) in [6.45, 7) is 0. The Labute approximate surface area is 140 Å². The number of hydrogen-bond acceptors (Lipinski definition) is 5. The van der Waals surface area contributed by atoms with E-state index in [-0.39, 0.29) is 0 Å². The van der Waals surface area contributed by atoms with Gasteiger partial charge in [-0.25, -0.2) is 4.98 Å². The predicted octanol–water partition coefficient (Wildman–Crippen LogP) is 4.10. The van der Waals surface area contributed by atoms with Crippen molar-refractivity contribution in [2.45, 2.75) is 25.7 Å². The first-order chi connectivity index (χ1) is 11.3. The molecule has 0 bridgehead atoms. The standard InChI is InChI=1S/C18H18N2O2S/c1-21-15-8-5-6-12(17(15)22-2)10-13(11-19)18-20-14-7-3-4-9-16(14)23-18/h5-6,8,10H,3-4,7,9H2,1-2H3/b13-10-. The number of aryl methyl sites for hydroxylation is 2. The van der Waals surface area contributed by atoms with Gasteiger partial charge in [0.25, 0.3) is 0 Å². The molecular formula is C18H18N2O2S. The highest BCUT2D eigenvalue weighted by molar-refractivity contribution is 7.13. The van der Waals surface area contributed by atoms with Crippen LogP contribution in [0.2, 0.25) is 0 Å². The molecule has 0 aliphatic heterocycles. The molecule has 1 heterocycles. The van der Waals surface area contributed by atoms with E-state index in [1.807, 2.05) is 24.3 Å². The zero-order chi connectivity index (χ0) is 16.2. The summed E-state index contributed by atoms with van der Waals surface area (Å²) < 4.78 is 10.7. The molecule has 0 saturated carbocycles. The Morgan fingerprint density at radius 3 is 2.78 bits per heavy atom. The predicted molar refractivity (Wildman–Crippen MR) is 91.8 cm³/mol. The Bertz CT molecular complexity index is 763. The lowest BCUT2D eigenvalue weighted by Crippen LogP contribution is -1.99. The quantitative estimate of drug-likeness (QED) is 0.794. The Morgan fingerprint density at radius 2 is 2.09 bits per heavy atom. The summed E-state index contributed by atoms with van der Waals surface area (Å²) in [6.07, 6.45) is 6.32. The van der Waals surface area contributed by atoms with Gasteiger partial charge in [-0.15, -0.1) is 11.3 Å². The van der Waals surface area contributed by atoms with Gasteiger partial charge in [-0.3, -0.25) is 0 Å². The van der Waals surface area contributed by atoms with Gasteiger partial charge in [0.2, 0.25) is 0 Å². The summed E-state index contributed by atoms with van der Waals surface area (Å²) in [7, 11) is 3.20. The van der Waals surface area contributed by atoms with E-state index in [0.29, 0.717) is 17.1 Å². The molecule has 0 unspecified atom stereocenters. The van der Waals surface area contributed by atoms with Crippen LogP contribution in [0.25, 0.3) is 11.6 Å². The normalized spacial score (nSPS) is 14.0. The Morgan fingerprint density at radius 1 is 1.26 bits per heavy atom. The lowest BCUT2D eigenvalue weighted by atomic mass is 10.0. The number of aromatic nitrogens is 1. The Kier molecular flexibility index (Phi) is 4.63. The fourth-order valence-electron chi connectivity index (χ4n) is 2.79. The fourth-order valence-corrected chi connectivity index (χ4v) is 3.91. The fraction of sp³-hybridized carbons (Fsp3) is 0.333. The Balaban J connectivity index is 2.03. The van der Waals surface area contributed by atoms with Crippen molar-refractivity contribution in [3.8, 4) is 17.6 Å². The molecule has 5 heteroatoms. The topological polar surface area (TPSA) is 55.1 Å². The molecule has 1 aromatic heterocycles. The maximum Gasteiger partial charge on any atom is 0.167 e. The van der Waals surface area contributed by atoms with Crippen LogP contribution in [-0.2, 0) is 12.8 Å². The van der Waals surface area contributed by atoms with E-state index in [0.717, 1.165) is 29.1 Å². The van der Waals surface area contributed by atoms with Gasteiger partial charge in [0, 0.05) is 10.4 Å². The molecule has 0 atom stereocenters. The van der Waals surface area contributed by atoms with Crippen molar-refractivity contribution in [2.75, 3.05) is 14.2 Å². The lowest BCUT2D eigenvalue weighted by molar-refractivity contribution is 0.354. The first-order valence-corrected chi connectivity index (χ1v) is 8.40. The van der Waals surface area contributed by atoms with Gasteiger partial charge >= 0.3 is 0 Å². The summed E-state index contributed by atoms with van der Waals surface area (Å²) in [5.74, 6) is 1.28. The number of nitrogens with zero attached hydrogens (tertiary/aromatic N) is 2. The maximum atomic E-state index is 9.57. The molecule has 3 rings (SSSR count). The van der Waals surface area contributed by atoms with Crippen molar-refractivity contribution in [1.29, 1.82) is 5.26 Å². The van der Waals surface area contributed by atoms with E-state index >= 15 is 0 Å². The van der Waals surface area contributed by atoms with Crippen LogP contribution in [0, 0.1) is 11.3 Å². The monoisotopic (exact) mass is 326 g/mol. The van der Waals surface area contributed by atoms with E-state index < -0.39 is 0 Å². The molecule has 118 valence electrons. The highest BCUT2D eigenvalue weighted by Crippen LogP contribution is 2.35. The van der Waals surface area contributed by atoms with E-state index in [1.54, 1.807) is 25.6 Å². The van der Waals surface area contributed by atoms with Crippen molar-refractivity contribution in [2.24, 2.45) is 0 Å². The molecule has 1 aliphatic carbocycles. The van der Waals surface area contributed by atoms with Crippen LogP contribution in [0.1, 0.15) is 34.0 Å². The summed E-state index contributed by atoms with van der Waals surface area (Å²) in [4.78, 5) is 6.00. The van der Waals surface area contributed by atoms with Crippen molar-refractivity contribution >= 4 is 23.0 Å². The summed E-state index contributed by atoms with van der Waals surface area (Å²) >= 11 is 1.64. The van der Waals surface area contributed by atoms with Crippen LogP contribution in [0.5, 0.6) is 11.5 Å². The number of fused-ring (bicyclic) bond motifs is 1. The van der Waals surface area contributed by atoms with Gasteiger partial charge in [0.15, 0.2) is 11.5 Å². The van der Waals surface area contributed by atoms with E-state index in [1.165, 1.54) is 17.7 Å². The summed E-state index contributed by atoms with van der Waals surface area (Å²) in [5.41, 5.74) is 2.54. The second kappa shape index (κ2) is 6.84. The Hall–Kier alpha value is -2.32. The number of rotatable bonds is 4. The van der Waals surface area contributed by atoms with Crippen LogP contribution in [-0.4, -0.2) is 19.2 Å². The van der Waals surface area contributed by atoms with Crippen molar-refractivity contribution in [3.63, 3.8) is 0 Å². The molecule has 1 aromatic carbocycles. The number of ether oxygens (including phenoxy) is 2. The zero-order valence-corrected chi connectivity index (χ0v) is 14.1. The molecule has 0 fully saturated rings. The van der Waals surface area contributed by atoms with Gasteiger partial charge in [-0.05, 0) is 37.8 Å². The summed E-state index contributed by atoms with van der Waals surface area (Å²) in [5, 5.41) is 10.4. The number of hydrogen-bond donors (Lipinski definition) is 0. The number of methoxy groups -OCH3 is 2. The van der Waals surface area contributed by atoms with Crippen LogP contribution >= 0.6 is 11.3 Å². The molecule has 2 aromatic rings. The molecule has 4 nitrogen and oxygen atoms in total. The SMILES string of the molecule is COc1cccc(/C=C(/C#N)c2nc3c(s2)CCCC3)c1OC. The van der Waals surface area contributed by atoms with Gasteiger partial charge in [0.05, 0.1) is 25.5 Å². The third kappa shape index (κ3) is 3.08. The largest absolute Gasteiger partial charge is 0.493 e. The average Bonchev–Trinajstić information content (AvgIpc) is 3.02. The maximum absolute atomic E-state index is 9.57. The number of allylic oxidation sites excluding steroid dienone is 1. The van der Waals surface area contributed by atoms with Gasteiger partial charge in [-0.2, -0.15) is 5.26 Å². The van der Waals surface area contributed by atoms with E-state index in [9.17, 15) is 5.26 Å². The van der Waals surface area contributed by atoms with Gasteiger partial charge in [0.1, 0.15) is 11.1 Å². The summed E-state index contributed by atoms with van der Waals surface area (Å²) in [6, 6.07) is 7.91. The highest BCUT2D eigenvalue weighted by atomic mass is 32.1. The molecule has 0 N–H and O–H groups in total. The number of benzene rings is 1. The molecule has 0 spiro atoms. The van der Waals surface area contributed by atoms with Crippen molar-refractivity contribution in [3.05, 3.63) is 39.3 Å². The minimum atomic E-state index is 0.566. The first-order valence-electron chi connectivity index (χ1n) is 7.58. The highest BCUT2D eigenvalue weighted by Gasteiger charge is 2.18. The van der Waals surface area contributed by atoms with Crippen molar-refractivity contribution in [1.82, 2.24) is 4.98 Å². The molecule has 0 saturated heterocycles. The van der Waals surface area contributed by atoms with E-state index in [4.69, 9.17) is 9.47 Å². The van der Waals surface area contributed by atoms with Crippen LogP contribution in [0.4, 0.5) is 0 Å². The molecular weight excluding hydrogens is 308 g/mol. The van der Waals surface area contributed by atoms with Crippen LogP contribution in [0.15, 0.2) is 18.2 Å². The smallest absolute Gasteiger partial charge is 0.167 e. The van der Waals surface area contributed by atoms with Gasteiger partial charge in [-0.1, -0.05) is 12.1 Å². The molecule has 1 aliphatic rings. The van der Waals surface area contributed by atoms with Gasteiger partial charge < -0.3 is 9.47 Å². The third-order valence-corrected chi connectivity index (χ3v) is 5.12. The number of nitriles is 1. The minimum absolute atomic E-state index is 0.566. The molecule has 0 amide bonds. The lowest BCUT2D eigenvalue weighted by Gasteiger charge is -2.10. The number of thiazole rings is 1. The zero-order valence-electron chi connectivity index (χ0n) is 13.3. The third-order valence-electron chi connectivity index (χ3n) is 3.93. The van der Waals surface area contributed by atoms with Crippen LogP contribution in [0.3, 0.4) is 0 Å². The minimum Gasteiger partial charge on any atom is -0.493 e. The first kappa shape index (κ1) is 15.6.